The number of primary amides is 1. The Morgan fingerprint density at radius 1 is 1.64 bits per heavy atom. The van der Waals surface area contributed by atoms with Gasteiger partial charge in [-0.25, -0.2) is 0 Å². The maximum absolute atomic E-state index is 10.9. The summed E-state index contributed by atoms with van der Waals surface area (Å²) in [5.74, 6) is -1.00. The van der Waals surface area contributed by atoms with Crippen molar-refractivity contribution in [2.45, 2.75) is 12.8 Å². The van der Waals surface area contributed by atoms with Crippen molar-refractivity contribution in [1.29, 1.82) is 0 Å². The molecule has 7 heteroatoms. The summed E-state index contributed by atoms with van der Waals surface area (Å²) in [5.41, 5.74) is 4.87. The molecule has 0 saturated carbocycles. The summed E-state index contributed by atoms with van der Waals surface area (Å²) in [6.07, 6.45) is 1.36. The van der Waals surface area contributed by atoms with E-state index in [9.17, 15) is 14.8 Å². The minimum atomic E-state index is -0.577. The number of nitrogens with two attached hydrogens (primary N) is 1. The average Bonchev–Trinajstić information content (AvgIpc) is 2.12. The van der Waals surface area contributed by atoms with Gasteiger partial charge in [0.05, 0.1) is 0 Å². The van der Waals surface area contributed by atoms with E-state index in [4.69, 9.17) is 5.73 Å². The van der Waals surface area contributed by atoms with Gasteiger partial charge in [0.2, 0.25) is 5.91 Å². The van der Waals surface area contributed by atoms with Crippen LogP contribution in [0.4, 0.5) is 0 Å². The van der Waals surface area contributed by atoms with E-state index in [1.165, 1.54) is 0 Å². The van der Waals surface area contributed by atoms with Crippen LogP contribution in [-0.4, -0.2) is 36.6 Å². The number of rotatable bonds is 6. The normalized spacial score (nSPS) is 10.8. The minimum Gasteiger partial charge on any atom is -0.406 e. The standard InChI is InChI=1S/C7H13N3O4/c1-14-10(13)5-7(12)9-4-2-3-6(8)11/h5H,2-4H2,1H3,(H2,8,11)(H,9,12)/b10-5+. The molecular weight excluding hydrogens is 190 g/mol. The highest BCUT2D eigenvalue weighted by molar-refractivity contribution is 6.24. The lowest BCUT2D eigenvalue weighted by Gasteiger charge is -1.99. The van der Waals surface area contributed by atoms with Gasteiger partial charge >= 0.3 is 5.91 Å². The number of nitrogens with one attached hydrogen (secondary N) is 1. The summed E-state index contributed by atoms with van der Waals surface area (Å²) in [6, 6.07) is 0. The van der Waals surface area contributed by atoms with Crippen molar-refractivity contribution in [3.05, 3.63) is 5.21 Å². The molecule has 0 aliphatic rings. The first kappa shape index (κ1) is 12.2. The van der Waals surface area contributed by atoms with Crippen LogP contribution >= 0.6 is 0 Å². The summed E-state index contributed by atoms with van der Waals surface area (Å²) in [6.45, 7) is 0.288. The third-order valence-electron chi connectivity index (χ3n) is 1.30. The molecule has 80 valence electrons. The Bertz CT molecular complexity index is 239. The van der Waals surface area contributed by atoms with E-state index in [2.05, 4.69) is 10.2 Å². The average molecular weight is 203 g/mol. The Kier molecular flexibility index (Phi) is 5.84. The van der Waals surface area contributed by atoms with Crippen LogP contribution in [0.1, 0.15) is 12.8 Å². The highest BCUT2D eigenvalue weighted by atomic mass is 16.9. The number of carbonyl (C=O) groups excluding carboxylic acids is 2. The molecule has 0 atom stereocenters. The molecule has 0 spiro atoms. The zero-order chi connectivity index (χ0) is 11.0. The van der Waals surface area contributed by atoms with Crippen LogP contribution in [0.2, 0.25) is 0 Å². The van der Waals surface area contributed by atoms with Crippen molar-refractivity contribution in [1.82, 2.24) is 5.32 Å². The molecule has 0 fully saturated rings. The second-order valence-electron chi connectivity index (χ2n) is 2.46. The van der Waals surface area contributed by atoms with Crippen LogP contribution < -0.4 is 11.1 Å². The summed E-state index contributed by atoms with van der Waals surface area (Å²) in [4.78, 5) is 25.3. The van der Waals surface area contributed by atoms with E-state index < -0.39 is 11.8 Å². The Balaban J connectivity index is 3.60. The molecule has 0 aromatic carbocycles. The predicted octanol–water partition coefficient (Wildman–Crippen LogP) is -1.49. The molecule has 0 bridgehead atoms. The van der Waals surface area contributed by atoms with Gasteiger partial charge in [-0.3, -0.25) is 14.8 Å². The lowest BCUT2D eigenvalue weighted by atomic mass is 10.3. The van der Waals surface area contributed by atoms with Crippen molar-refractivity contribution in [3.8, 4) is 0 Å². The Morgan fingerprint density at radius 2 is 2.29 bits per heavy atom. The van der Waals surface area contributed by atoms with Crippen LogP contribution in [-0.2, 0) is 14.4 Å². The molecule has 0 aromatic heterocycles. The lowest BCUT2D eigenvalue weighted by molar-refractivity contribution is -0.729. The Morgan fingerprint density at radius 3 is 2.79 bits per heavy atom. The molecule has 2 amide bonds. The van der Waals surface area contributed by atoms with Gasteiger partial charge < -0.3 is 15.9 Å². The van der Waals surface area contributed by atoms with Gasteiger partial charge in [0.1, 0.15) is 0 Å². The predicted molar refractivity (Wildman–Crippen MR) is 48.1 cm³/mol. The Hall–Kier alpha value is -1.79. The summed E-state index contributed by atoms with van der Waals surface area (Å²) in [7, 11) is 1.14. The van der Waals surface area contributed by atoms with Gasteiger partial charge in [-0.05, 0) is 6.42 Å². The second kappa shape index (κ2) is 6.70. The minimum absolute atomic E-state index is 0.0312. The third-order valence-corrected chi connectivity index (χ3v) is 1.30. The molecule has 7 nitrogen and oxygen atoms in total. The number of nitrogens with zero attached hydrogens (tertiary/aromatic N) is 1. The van der Waals surface area contributed by atoms with Crippen LogP contribution in [0.3, 0.4) is 0 Å². The molecule has 3 N–H and O–H groups in total. The lowest BCUT2D eigenvalue weighted by Crippen LogP contribution is -2.29. The quantitative estimate of drug-likeness (QED) is 0.237. The summed E-state index contributed by atoms with van der Waals surface area (Å²) >= 11 is 0. The molecule has 0 radical (unpaired) electrons. The van der Waals surface area contributed by atoms with Crippen molar-refractivity contribution >= 4 is 18.0 Å². The molecular formula is C7H13N3O4. The van der Waals surface area contributed by atoms with E-state index in [0.717, 1.165) is 7.11 Å². The molecule has 0 rings (SSSR count). The maximum Gasteiger partial charge on any atom is 0.314 e. The zero-order valence-corrected chi connectivity index (χ0v) is 7.86. The fourth-order valence-electron chi connectivity index (χ4n) is 0.668. The van der Waals surface area contributed by atoms with Crippen LogP contribution in [0.5, 0.6) is 0 Å². The fraction of sp³-hybridized carbons (Fsp3) is 0.571. The van der Waals surface area contributed by atoms with Gasteiger partial charge in [-0.1, -0.05) is 0 Å². The molecule has 0 aliphatic carbocycles. The molecule has 14 heavy (non-hydrogen) atoms. The van der Waals surface area contributed by atoms with E-state index >= 15 is 0 Å². The molecule has 0 saturated heterocycles. The first-order chi connectivity index (χ1) is 6.56. The Labute approximate surface area is 81.1 Å². The molecule has 0 aromatic rings. The van der Waals surface area contributed by atoms with Gasteiger partial charge in [0.15, 0.2) is 0 Å². The zero-order valence-electron chi connectivity index (χ0n) is 7.86. The van der Waals surface area contributed by atoms with E-state index in [0.29, 0.717) is 12.6 Å². The van der Waals surface area contributed by atoms with Gasteiger partial charge in [-0.2, -0.15) is 0 Å². The molecule has 0 heterocycles. The van der Waals surface area contributed by atoms with Crippen LogP contribution in [0, 0.1) is 5.21 Å². The largest absolute Gasteiger partial charge is 0.406 e. The smallest absolute Gasteiger partial charge is 0.314 e. The van der Waals surface area contributed by atoms with Crippen LogP contribution in [0.25, 0.3) is 0 Å². The third kappa shape index (κ3) is 6.89. The number of amides is 2. The van der Waals surface area contributed by atoms with Gasteiger partial charge in [-0.15, -0.1) is 0 Å². The van der Waals surface area contributed by atoms with Crippen molar-refractivity contribution in [3.63, 3.8) is 0 Å². The summed E-state index contributed by atoms with van der Waals surface area (Å²) in [5, 5.41) is 12.8. The van der Waals surface area contributed by atoms with E-state index in [-0.39, 0.29) is 17.9 Å². The number of hydrogen-bond acceptors (Lipinski definition) is 4. The molecule has 0 unspecified atom stereocenters. The van der Waals surface area contributed by atoms with Crippen LogP contribution in [0.15, 0.2) is 0 Å². The fourth-order valence-corrected chi connectivity index (χ4v) is 0.668. The van der Waals surface area contributed by atoms with Gasteiger partial charge in [0.25, 0.3) is 6.21 Å². The number of carbonyl (C=O) groups is 2. The van der Waals surface area contributed by atoms with E-state index in [1.54, 1.807) is 0 Å². The monoisotopic (exact) mass is 203 g/mol. The highest BCUT2D eigenvalue weighted by Crippen LogP contribution is 1.83. The molecule has 0 aliphatic heterocycles. The maximum atomic E-state index is 10.9. The topological polar surface area (TPSA) is 107 Å². The first-order valence-corrected chi connectivity index (χ1v) is 3.97. The van der Waals surface area contributed by atoms with E-state index in [1.807, 2.05) is 0 Å². The van der Waals surface area contributed by atoms with Gasteiger partial charge in [0, 0.05) is 25.0 Å². The first-order valence-electron chi connectivity index (χ1n) is 3.97. The second-order valence-corrected chi connectivity index (χ2v) is 2.46. The number of hydrogen-bond donors (Lipinski definition) is 2. The SMILES string of the molecule is CO/[N+]([O-])=C/C(=O)NCCCC(N)=O. The highest BCUT2D eigenvalue weighted by Gasteiger charge is 2.03. The summed E-state index contributed by atoms with van der Waals surface area (Å²) < 4.78 is 0. The van der Waals surface area contributed by atoms with Crippen molar-refractivity contribution < 1.29 is 19.3 Å². The van der Waals surface area contributed by atoms with Crippen molar-refractivity contribution in [2.75, 3.05) is 13.7 Å². The van der Waals surface area contributed by atoms with Crippen molar-refractivity contribution in [2.24, 2.45) is 5.73 Å².